The Morgan fingerprint density at radius 3 is 2.76 bits per heavy atom. The Morgan fingerprint density at radius 1 is 1.47 bits per heavy atom. The van der Waals surface area contributed by atoms with Crippen LogP contribution in [0.3, 0.4) is 0 Å². The van der Waals surface area contributed by atoms with E-state index in [0.717, 1.165) is 10.9 Å². The van der Waals surface area contributed by atoms with Crippen molar-refractivity contribution in [1.82, 2.24) is 5.32 Å². The molecule has 0 spiro atoms. The van der Waals surface area contributed by atoms with Crippen molar-refractivity contribution in [3.8, 4) is 0 Å². The molecule has 0 aliphatic rings. The number of carbonyl (C=O) groups excluding carboxylic acids is 1. The van der Waals surface area contributed by atoms with Crippen LogP contribution in [-0.2, 0) is 11.2 Å². The molecule has 0 aliphatic carbocycles. The second kappa shape index (κ2) is 6.17. The maximum atomic E-state index is 11.8. The number of nitrogens with one attached hydrogen (secondary N) is 1. The molecule has 0 saturated carbocycles. The van der Waals surface area contributed by atoms with Gasteiger partial charge >= 0.3 is 0 Å². The van der Waals surface area contributed by atoms with Crippen LogP contribution in [0.15, 0.2) is 28.7 Å². The minimum absolute atomic E-state index is 0.00926. The number of hydrogen-bond donors (Lipinski definition) is 2. The van der Waals surface area contributed by atoms with Gasteiger partial charge < -0.3 is 11.1 Å². The molecular weight excluding hydrogens is 280 g/mol. The highest BCUT2D eigenvalue weighted by Crippen LogP contribution is 2.13. The highest BCUT2D eigenvalue weighted by molar-refractivity contribution is 9.10. The summed E-state index contributed by atoms with van der Waals surface area (Å²) in [6, 6.07) is 8.08. The van der Waals surface area contributed by atoms with Gasteiger partial charge in [0.25, 0.3) is 0 Å². The lowest BCUT2D eigenvalue weighted by Gasteiger charge is -2.21. The van der Waals surface area contributed by atoms with E-state index >= 15 is 0 Å². The second-order valence-corrected chi connectivity index (χ2v) is 5.64. The fourth-order valence-electron chi connectivity index (χ4n) is 1.34. The molecule has 1 aromatic rings. The number of rotatable bonds is 5. The molecule has 0 aliphatic heterocycles. The minimum Gasteiger partial charge on any atom is -0.355 e. The predicted octanol–water partition coefficient (Wildman–Crippen LogP) is 2.09. The average molecular weight is 299 g/mol. The molecule has 0 unspecified atom stereocenters. The van der Waals surface area contributed by atoms with E-state index < -0.39 is 5.41 Å². The fraction of sp³-hybridized carbons (Fsp3) is 0.462. The van der Waals surface area contributed by atoms with Gasteiger partial charge in [-0.15, -0.1) is 0 Å². The van der Waals surface area contributed by atoms with Crippen molar-refractivity contribution in [2.24, 2.45) is 11.1 Å². The normalized spacial score (nSPS) is 11.3. The zero-order chi connectivity index (χ0) is 12.9. The maximum Gasteiger partial charge on any atom is 0.226 e. The van der Waals surface area contributed by atoms with Gasteiger partial charge in [0.2, 0.25) is 5.91 Å². The first-order chi connectivity index (χ1) is 7.95. The Labute approximate surface area is 111 Å². The minimum atomic E-state index is -0.489. The number of nitrogens with two attached hydrogens (primary N) is 1. The van der Waals surface area contributed by atoms with Crippen LogP contribution in [-0.4, -0.2) is 19.0 Å². The number of amides is 1. The molecule has 1 amide bonds. The summed E-state index contributed by atoms with van der Waals surface area (Å²) in [7, 11) is 0. The number of hydrogen-bond acceptors (Lipinski definition) is 2. The Hall–Kier alpha value is -0.870. The summed E-state index contributed by atoms with van der Waals surface area (Å²) < 4.78 is 1.06. The van der Waals surface area contributed by atoms with Crippen LogP contribution < -0.4 is 11.1 Å². The van der Waals surface area contributed by atoms with E-state index in [1.165, 1.54) is 5.56 Å². The first-order valence-electron chi connectivity index (χ1n) is 5.68. The third-order valence-corrected chi connectivity index (χ3v) is 3.21. The van der Waals surface area contributed by atoms with Crippen LogP contribution >= 0.6 is 15.9 Å². The van der Waals surface area contributed by atoms with Crippen LogP contribution in [0.25, 0.3) is 0 Å². The second-order valence-electron chi connectivity index (χ2n) is 4.72. The lowest BCUT2D eigenvalue weighted by molar-refractivity contribution is -0.128. The molecule has 3 N–H and O–H groups in total. The smallest absolute Gasteiger partial charge is 0.226 e. The van der Waals surface area contributed by atoms with Gasteiger partial charge in [-0.2, -0.15) is 0 Å². The number of halogens is 1. The molecule has 0 aromatic heterocycles. The summed E-state index contributed by atoms with van der Waals surface area (Å²) in [6.07, 6.45) is 0.825. The monoisotopic (exact) mass is 298 g/mol. The Balaban J connectivity index is 2.41. The lowest BCUT2D eigenvalue weighted by Crippen LogP contribution is -2.42. The molecule has 3 nitrogen and oxygen atoms in total. The fourth-order valence-corrected chi connectivity index (χ4v) is 1.79. The van der Waals surface area contributed by atoms with E-state index in [1.54, 1.807) is 0 Å². The quantitative estimate of drug-likeness (QED) is 0.875. The van der Waals surface area contributed by atoms with Gasteiger partial charge in [0, 0.05) is 17.6 Å². The van der Waals surface area contributed by atoms with Crippen LogP contribution in [0.5, 0.6) is 0 Å². The zero-order valence-electron chi connectivity index (χ0n) is 10.3. The van der Waals surface area contributed by atoms with E-state index in [1.807, 2.05) is 32.0 Å². The molecular formula is C13H19BrN2O. The van der Waals surface area contributed by atoms with Crippen molar-refractivity contribution >= 4 is 21.8 Å². The van der Waals surface area contributed by atoms with E-state index in [2.05, 4.69) is 27.3 Å². The Bertz CT molecular complexity index is 391. The van der Waals surface area contributed by atoms with Crippen molar-refractivity contribution in [2.45, 2.75) is 20.3 Å². The SMILES string of the molecule is CC(C)(CN)C(=O)NCCc1cccc(Br)c1. The van der Waals surface area contributed by atoms with Crippen LogP contribution in [0.2, 0.25) is 0 Å². The van der Waals surface area contributed by atoms with Gasteiger partial charge in [-0.25, -0.2) is 0 Å². The van der Waals surface area contributed by atoms with Crippen LogP contribution in [0.1, 0.15) is 19.4 Å². The lowest BCUT2D eigenvalue weighted by atomic mass is 9.92. The van der Waals surface area contributed by atoms with Crippen molar-refractivity contribution < 1.29 is 4.79 Å². The van der Waals surface area contributed by atoms with Gasteiger partial charge in [-0.1, -0.05) is 28.1 Å². The summed E-state index contributed by atoms with van der Waals surface area (Å²) >= 11 is 3.42. The maximum absolute atomic E-state index is 11.8. The van der Waals surface area contributed by atoms with Crippen LogP contribution in [0.4, 0.5) is 0 Å². The van der Waals surface area contributed by atoms with E-state index in [9.17, 15) is 4.79 Å². The summed E-state index contributed by atoms with van der Waals surface area (Å²) in [5.41, 5.74) is 6.25. The molecule has 0 saturated heterocycles. The molecule has 4 heteroatoms. The summed E-state index contributed by atoms with van der Waals surface area (Å²) in [6.45, 7) is 4.69. The number of benzene rings is 1. The average Bonchev–Trinajstić information content (AvgIpc) is 2.29. The molecule has 94 valence electrons. The summed E-state index contributed by atoms with van der Waals surface area (Å²) in [4.78, 5) is 11.8. The highest BCUT2D eigenvalue weighted by Gasteiger charge is 2.24. The molecule has 0 atom stereocenters. The Kier molecular flexibility index (Phi) is 5.15. The van der Waals surface area contributed by atoms with Crippen molar-refractivity contribution in [3.05, 3.63) is 34.3 Å². The van der Waals surface area contributed by atoms with Crippen molar-refractivity contribution in [2.75, 3.05) is 13.1 Å². The van der Waals surface area contributed by atoms with E-state index in [-0.39, 0.29) is 5.91 Å². The van der Waals surface area contributed by atoms with Gasteiger partial charge in [0.05, 0.1) is 5.41 Å². The summed E-state index contributed by atoms with van der Waals surface area (Å²) in [5, 5.41) is 2.91. The molecule has 1 aromatic carbocycles. The molecule has 17 heavy (non-hydrogen) atoms. The highest BCUT2D eigenvalue weighted by atomic mass is 79.9. The van der Waals surface area contributed by atoms with Gasteiger partial charge in [0.15, 0.2) is 0 Å². The van der Waals surface area contributed by atoms with Gasteiger partial charge in [-0.05, 0) is 38.0 Å². The van der Waals surface area contributed by atoms with Crippen molar-refractivity contribution in [3.63, 3.8) is 0 Å². The van der Waals surface area contributed by atoms with Crippen molar-refractivity contribution in [1.29, 1.82) is 0 Å². The zero-order valence-corrected chi connectivity index (χ0v) is 11.9. The van der Waals surface area contributed by atoms with Crippen LogP contribution in [0, 0.1) is 5.41 Å². The third kappa shape index (κ3) is 4.48. The summed E-state index contributed by atoms with van der Waals surface area (Å²) in [5.74, 6) is 0.00926. The Morgan fingerprint density at radius 2 is 2.18 bits per heavy atom. The molecule has 0 heterocycles. The molecule has 1 rings (SSSR count). The topological polar surface area (TPSA) is 55.1 Å². The largest absolute Gasteiger partial charge is 0.355 e. The molecule has 0 fully saturated rings. The molecule has 0 radical (unpaired) electrons. The number of carbonyl (C=O) groups is 1. The van der Waals surface area contributed by atoms with E-state index in [4.69, 9.17) is 5.73 Å². The van der Waals surface area contributed by atoms with Gasteiger partial charge in [0.1, 0.15) is 0 Å². The predicted molar refractivity (Wildman–Crippen MR) is 73.7 cm³/mol. The van der Waals surface area contributed by atoms with Gasteiger partial charge in [-0.3, -0.25) is 4.79 Å². The van der Waals surface area contributed by atoms with E-state index in [0.29, 0.717) is 13.1 Å². The first-order valence-corrected chi connectivity index (χ1v) is 6.48. The third-order valence-electron chi connectivity index (χ3n) is 2.71. The molecule has 0 bridgehead atoms. The standard InChI is InChI=1S/C13H19BrN2O/c1-13(2,9-15)12(17)16-7-6-10-4-3-5-11(14)8-10/h3-5,8H,6-7,9,15H2,1-2H3,(H,16,17). The first kappa shape index (κ1) is 14.2.